The van der Waals surface area contributed by atoms with Gasteiger partial charge in [-0.15, -0.1) is 11.3 Å². The van der Waals surface area contributed by atoms with Gasteiger partial charge in [-0.1, -0.05) is 24.3 Å². The van der Waals surface area contributed by atoms with Crippen molar-refractivity contribution in [3.63, 3.8) is 0 Å². The highest BCUT2D eigenvalue weighted by Gasteiger charge is 2.23. The molecule has 1 aliphatic rings. The summed E-state index contributed by atoms with van der Waals surface area (Å²) in [7, 11) is 0. The molecule has 0 amide bonds. The summed E-state index contributed by atoms with van der Waals surface area (Å²) < 4.78 is 12.8. The van der Waals surface area contributed by atoms with E-state index < -0.39 is 5.92 Å². The summed E-state index contributed by atoms with van der Waals surface area (Å²) in [5, 5.41) is 10.6. The second-order valence-corrected chi connectivity index (χ2v) is 10.3. The zero-order chi connectivity index (χ0) is 25.1. The molecule has 9 heteroatoms. The number of morpholine rings is 1. The van der Waals surface area contributed by atoms with Crippen molar-refractivity contribution in [1.29, 1.82) is 5.26 Å². The van der Waals surface area contributed by atoms with Crippen molar-refractivity contribution in [3.05, 3.63) is 76.3 Å². The molecule has 3 aromatic heterocycles. The van der Waals surface area contributed by atoms with Gasteiger partial charge in [-0.2, -0.15) is 10.2 Å². The lowest BCUT2D eigenvalue weighted by molar-refractivity contribution is -0.0704. The Morgan fingerprint density at radius 3 is 2.75 bits per heavy atom. The van der Waals surface area contributed by atoms with E-state index in [2.05, 4.69) is 56.9 Å². The minimum atomic E-state index is -0.602. The van der Waals surface area contributed by atoms with Gasteiger partial charge in [-0.25, -0.2) is 9.97 Å². The van der Waals surface area contributed by atoms with Crippen molar-refractivity contribution in [2.45, 2.75) is 52.0 Å². The van der Waals surface area contributed by atoms with Gasteiger partial charge in [0.15, 0.2) is 0 Å². The molecule has 0 N–H and O–H groups in total. The van der Waals surface area contributed by atoms with E-state index in [0.717, 1.165) is 41.1 Å². The predicted molar refractivity (Wildman–Crippen MR) is 138 cm³/mol. The number of aromatic nitrogens is 4. The lowest BCUT2D eigenvalue weighted by atomic mass is 10.1. The zero-order valence-corrected chi connectivity index (χ0v) is 21.4. The molecule has 0 aliphatic carbocycles. The number of thiazole rings is 1. The molecular weight excluding hydrogens is 472 g/mol. The van der Waals surface area contributed by atoms with Crippen LogP contribution in [0.15, 0.2) is 48.8 Å². The summed E-state index contributed by atoms with van der Waals surface area (Å²) in [4.78, 5) is 20.1. The number of ether oxygens (including phenoxy) is 2. The van der Waals surface area contributed by atoms with E-state index in [1.54, 1.807) is 18.5 Å². The van der Waals surface area contributed by atoms with E-state index in [-0.39, 0.29) is 18.2 Å². The summed E-state index contributed by atoms with van der Waals surface area (Å²) in [5.74, 6) is -0.602. The van der Waals surface area contributed by atoms with Crippen LogP contribution >= 0.6 is 11.3 Å². The van der Waals surface area contributed by atoms with Crippen LogP contribution in [-0.2, 0) is 17.9 Å². The average Bonchev–Trinajstić information content (AvgIpc) is 3.26. The molecule has 0 saturated carbocycles. The van der Waals surface area contributed by atoms with Gasteiger partial charge < -0.3 is 9.47 Å². The highest BCUT2D eigenvalue weighted by molar-refractivity contribution is 7.18. The van der Waals surface area contributed by atoms with Gasteiger partial charge in [0.1, 0.15) is 17.5 Å². The Hall–Kier alpha value is -3.45. The Morgan fingerprint density at radius 2 is 1.94 bits per heavy atom. The molecule has 3 atom stereocenters. The molecule has 36 heavy (non-hydrogen) atoms. The molecule has 1 fully saturated rings. The third-order valence-electron chi connectivity index (χ3n) is 6.02. The van der Waals surface area contributed by atoms with Gasteiger partial charge in [-0.05, 0) is 44.0 Å². The van der Waals surface area contributed by atoms with Crippen LogP contribution in [-0.4, -0.2) is 50.1 Å². The lowest BCUT2D eigenvalue weighted by Crippen LogP contribution is -2.44. The van der Waals surface area contributed by atoms with Crippen LogP contribution in [0.3, 0.4) is 0 Å². The third kappa shape index (κ3) is 5.68. The van der Waals surface area contributed by atoms with Crippen LogP contribution in [0.25, 0.3) is 10.2 Å². The molecule has 184 valence electrons. The highest BCUT2D eigenvalue weighted by Crippen LogP contribution is 2.31. The van der Waals surface area contributed by atoms with Crippen molar-refractivity contribution in [2.75, 3.05) is 13.1 Å². The summed E-state index contributed by atoms with van der Waals surface area (Å²) in [6, 6.07) is 14.7. The van der Waals surface area contributed by atoms with Crippen molar-refractivity contribution < 1.29 is 9.47 Å². The maximum absolute atomic E-state index is 9.90. The first-order valence-electron chi connectivity index (χ1n) is 12.0. The molecule has 1 aromatic carbocycles. The summed E-state index contributed by atoms with van der Waals surface area (Å²) in [6.45, 7) is 9.25. The van der Waals surface area contributed by atoms with E-state index in [4.69, 9.17) is 9.47 Å². The van der Waals surface area contributed by atoms with Crippen LogP contribution < -0.4 is 4.74 Å². The Bertz CT molecular complexity index is 1390. The predicted octanol–water partition coefficient (Wildman–Crippen LogP) is 4.63. The molecule has 0 radical (unpaired) electrons. The quantitative estimate of drug-likeness (QED) is 0.362. The van der Waals surface area contributed by atoms with Gasteiger partial charge in [0, 0.05) is 31.5 Å². The van der Waals surface area contributed by atoms with Crippen LogP contribution in [0.4, 0.5) is 0 Å². The molecule has 1 aliphatic heterocycles. The fraction of sp³-hybridized carbons (Fsp3) is 0.370. The minimum Gasteiger partial charge on any atom is -0.459 e. The van der Waals surface area contributed by atoms with Gasteiger partial charge in [0.05, 0.1) is 40.4 Å². The van der Waals surface area contributed by atoms with Gasteiger partial charge >= 0.3 is 6.01 Å². The van der Waals surface area contributed by atoms with E-state index in [0.29, 0.717) is 17.3 Å². The Kier molecular flexibility index (Phi) is 7.18. The second kappa shape index (κ2) is 10.7. The van der Waals surface area contributed by atoms with E-state index in [9.17, 15) is 5.26 Å². The van der Waals surface area contributed by atoms with Crippen LogP contribution in [0.1, 0.15) is 47.3 Å². The molecule has 4 aromatic rings. The van der Waals surface area contributed by atoms with Crippen molar-refractivity contribution in [1.82, 2.24) is 24.8 Å². The van der Waals surface area contributed by atoms with Crippen molar-refractivity contribution in [3.8, 4) is 12.1 Å². The highest BCUT2D eigenvalue weighted by atomic mass is 32.1. The van der Waals surface area contributed by atoms with E-state index in [1.807, 2.05) is 25.1 Å². The van der Waals surface area contributed by atoms with Crippen LogP contribution in [0.2, 0.25) is 0 Å². The number of rotatable bonds is 7. The standard InChI is InChI=1S/C27H28N6O2S/c1-17-9-25-24(12-30-17)31-26(36-25)22(11-28)23-7-8-29-27(32-23)34-16-21-6-4-5-20(10-21)15-33-13-18(2)35-19(3)14-33/h4-10,12,18-19,22H,13-16H2,1-3H3. The fourth-order valence-corrected chi connectivity index (χ4v) is 5.63. The molecule has 0 bridgehead atoms. The first-order valence-corrected chi connectivity index (χ1v) is 12.8. The number of benzene rings is 1. The Labute approximate surface area is 214 Å². The number of fused-ring (bicyclic) bond motifs is 1. The van der Waals surface area contributed by atoms with Crippen LogP contribution in [0, 0.1) is 18.3 Å². The SMILES string of the molecule is Cc1cc2sc(C(C#N)c3ccnc(OCc4cccc(CN5CC(C)OC(C)C5)c4)n3)nc2cn1. The molecule has 5 rings (SSSR count). The molecule has 3 unspecified atom stereocenters. The molecule has 0 spiro atoms. The van der Waals surface area contributed by atoms with E-state index >= 15 is 0 Å². The minimum absolute atomic E-state index is 0.241. The first-order chi connectivity index (χ1) is 17.5. The monoisotopic (exact) mass is 500 g/mol. The van der Waals surface area contributed by atoms with Gasteiger partial charge in [0.2, 0.25) is 0 Å². The second-order valence-electron chi connectivity index (χ2n) is 9.23. The topological polar surface area (TPSA) is 97.0 Å². The number of hydrogen-bond acceptors (Lipinski definition) is 9. The van der Waals surface area contributed by atoms with Crippen molar-refractivity contribution >= 4 is 21.6 Å². The molecule has 4 heterocycles. The maximum Gasteiger partial charge on any atom is 0.316 e. The largest absolute Gasteiger partial charge is 0.459 e. The molecule has 1 saturated heterocycles. The van der Waals surface area contributed by atoms with Crippen molar-refractivity contribution in [2.24, 2.45) is 0 Å². The maximum atomic E-state index is 9.90. The number of nitrogens with zero attached hydrogens (tertiary/aromatic N) is 6. The Morgan fingerprint density at radius 1 is 1.14 bits per heavy atom. The summed E-state index contributed by atoms with van der Waals surface area (Å²) >= 11 is 1.48. The average molecular weight is 501 g/mol. The molecular formula is C27H28N6O2S. The van der Waals surface area contributed by atoms with Gasteiger partial charge in [0.25, 0.3) is 0 Å². The van der Waals surface area contributed by atoms with Gasteiger partial charge in [-0.3, -0.25) is 9.88 Å². The number of nitriles is 1. The third-order valence-corrected chi connectivity index (χ3v) is 7.10. The number of hydrogen-bond donors (Lipinski definition) is 0. The fourth-order valence-electron chi connectivity index (χ4n) is 4.54. The lowest BCUT2D eigenvalue weighted by Gasteiger charge is -2.35. The Balaban J connectivity index is 1.27. The first kappa shape index (κ1) is 24.3. The summed E-state index contributed by atoms with van der Waals surface area (Å²) in [6.07, 6.45) is 3.84. The molecule has 8 nitrogen and oxygen atoms in total. The zero-order valence-electron chi connectivity index (χ0n) is 20.6. The number of aryl methyl sites for hydroxylation is 1. The van der Waals surface area contributed by atoms with E-state index in [1.165, 1.54) is 16.9 Å². The van der Waals surface area contributed by atoms with Crippen LogP contribution in [0.5, 0.6) is 6.01 Å². The normalized spacial score (nSPS) is 19.2. The summed E-state index contributed by atoms with van der Waals surface area (Å²) in [5.41, 5.74) is 4.55. The smallest absolute Gasteiger partial charge is 0.316 e. The number of pyridine rings is 1.